The lowest BCUT2D eigenvalue weighted by Gasteiger charge is -2.11. The van der Waals surface area contributed by atoms with Gasteiger partial charge in [-0.1, -0.05) is 24.3 Å². The van der Waals surface area contributed by atoms with E-state index < -0.39 is 11.9 Å². The van der Waals surface area contributed by atoms with Gasteiger partial charge < -0.3 is 5.11 Å². The van der Waals surface area contributed by atoms with E-state index in [1.165, 1.54) is 12.3 Å². The first-order chi connectivity index (χ1) is 9.74. The van der Waals surface area contributed by atoms with Crippen LogP contribution in [-0.2, 0) is 6.42 Å². The van der Waals surface area contributed by atoms with E-state index in [4.69, 9.17) is 0 Å². The van der Waals surface area contributed by atoms with E-state index in [0.29, 0.717) is 0 Å². The van der Waals surface area contributed by atoms with Gasteiger partial charge in [0.15, 0.2) is 0 Å². The number of pyridine rings is 2. The van der Waals surface area contributed by atoms with E-state index in [1.807, 2.05) is 36.4 Å². The molecule has 0 saturated heterocycles. The summed E-state index contributed by atoms with van der Waals surface area (Å²) < 4.78 is 13.6. The maximum Gasteiger partial charge on any atom is 0.147 e. The average Bonchev–Trinajstić information content (AvgIpc) is 2.47. The number of aromatic nitrogens is 2. The molecular weight excluding hydrogens is 255 g/mol. The third-order valence-electron chi connectivity index (χ3n) is 3.22. The molecule has 0 fully saturated rings. The molecule has 0 spiro atoms. The summed E-state index contributed by atoms with van der Waals surface area (Å²) in [7, 11) is 0. The molecule has 1 aromatic carbocycles. The van der Waals surface area contributed by atoms with Crippen molar-refractivity contribution in [3.8, 4) is 0 Å². The molecule has 2 heterocycles. The second-order valence-corrected chi connectivity index (χ2v) is 4.61. The zero-order valence-corrected chi connectivity index (χ0v) is 10.7. The molecule has 0 aliphatic rings. The minimum absolute atomic E-state index is 0.245. The minimum atomic E-state index is -0.924. The number of aliphatic hydroxyl groups excluding tert-OH is 1. The van der Waals surface area contributed by atoms with Crippen molar-refractivity contribution < 1.29 is 9.50 Å². The number of aliphatic hydroxyl groups is 1. The smallest absolute Gasteiger partial charge is 0.147 e. The fraction of sp³-hybridized carbons (Fsp3) is 0.125. The average molecular weight is 268 g/mol. The first kappa shape index (κ1) is 12.7. The van der Waals surface area contributed by atoms with Crippen molar-refractivity contribution in [1.82, 2.24) is 9.97 Å². The van der Waals surface area contributed by atoms with Gasteiger partial charge in [0.05, 0.1) is 17.8 Å². The van der Waals surface area contributed by atoms with Crippen LogP contribution in [0, 0.1) is 5.82 Å². The summed E-state index contributed by atoms with van der Waals surface area (Å²) >= 11 is 0. The summed E-state index contributed by atoms with van der Waals surface area (Å²) in [6.45, 7) is 0. The molecule has 1 unspecified atom stereocenters. The first-order valence-electron chi connectivity index (χ1n) is 6.36. The fourth-order valence-corrected chi connectivity index (χ4v) is 2.19. The van der Waals surface area contributed by atoms with Crippen LogP contribution in [0.1, 0.15) is 17.4 Å². The van der Waals surface area contributed by atoms with Gasteiger partial charge in [-0.3, -0.25) is 9.97 Å². The normalized spacial score (nSPS) is 12.5. The third kappa shape index (κ3) is 2.51. The molecule has 1 N–H and O–H groups in total. The van der Waals surface area contributed by atoms with Crippen molar-refractivity contribution >= 4 is 10.9 Å². The quantitative estimate of drug-likeness (QED) is 0.794. The Bertz CT molecular complexity index is 745. The number of para-hydroxylation sites is 1. The van der Waals surface area contributed by atoms with Crippen molar-refractivity contribution in [2.75, 3.05) is 0 Å². The molecule has 3 nitrogen and oxygen atoms in total. The number of fused-ring (bicyclic) bond motifs is 1. The van der Waals surface area contributed by atoms with Crippen LogP contribution in [0.2, 0.25) is 0 Å². The summed E-state index contributed by atoms with van der Waals surface area (Å²) in [4.78, 5) is 8.15. The lowest BCUT2D eigenvalue weighted by molar-refractivity contribution is 0.172. The van der Waals surface area contributed by atoms with E-state index in [0.717, 1.165) is 22.8 Å². The van der Waals surface area contributed by atoms with Crippen LogP contribution in [0.25, 0.3) is 10.9 Å². The highest BCUT2D eigenvalue weighted by Gasteiger charge is 2.14. The maximum atomic E-state index is 13.6. The topological polar surface area (TPSA) is 46.0 Å². The molecule has 0 amide bonds. The highest BCUT2D eigenvalue weighted by atomic mass is 19.1. The van der Waals surface area contributed by atoms with Gasteiger partial charge in [0, 0.05) is 29.3 Å². The largest absolute Gasteiger partial charge is 0.388 e. The molecule has 0 aliphatic carbocycles. The Morgan fingerprint density at radius 1 is 1.10 bits per heavy atom. The number of hydrogen-bond acceptors (Lipinski definition) is 3. The number of rotatable bonds is 3. The molecule has 4 heteroatoms. The maximum absolute atomic E-state index is 13.6. The van der Waals surface area contributed by atoms with E-state index in [1.54, 1.807) is 0 Å². The molecule has 0 bridgehead atoms. The SMILES string of the molecule is OC(Cc1ccc2ccccc2n1)c1ccncc1F. The highest BCUT2D eigenvalue weighted by molar-refractivity contribution is 5.78. The molecule has 1 atom stereocenters. The molecule has 0 saturated carbocycles. The number of hydrogen-bond donors (Lipinski definition) is 1. The molecule has 100 valence electrons. The second-order valence-electron chi connectivity index (χ2n) is 4.61. The van der Waals surface area contributed by atoms with Crippen LogP contribution >= 0.6 is 0 Å². The standard InChI is InChI=1S/C16H13FN2O/c17-14-10-18-8-7-13(14)16(20)9-12-6-5-11-3-1-2-4-15(11)19-12/h1-8,10,16,20H,9H2. The van der Waals surface area contributed by atoms with Crippen LogP contribution in [0.5, 0.6) is 0 Å². The summed E-state index contributed by atoms with van der Waals surface area (Å²) in [5, 5.41) is 11.2. The van der Waals surface area contributed by atoms with E-state index >= 15 is 0 Å². The van der Waals surface area contributed by atoms with Gasteiger partial charge in [-0.25, -0.2) is 4.39 Å². The molecular formula is C16H13FN2O. The van der Waals surface area contributed by atoms with Crippen LogP contribution in [0.4, 0.5) is 4.39 Å². The predicted molar refractivity (Wildman–Crippen MR) is 74.6 cm³/mol. The minimum Gasteiger partial charge on any atom is -0.388 e. The van der Waals surface area contributed by atoms with Crippen molar-refractivity contribution in [3.63, 3.8) is 0 Å². The third-order valence-corrected chi connectivity index (χ3v) is 3.22. The first-order valence-corrected chi connectivity index (χ1v) is 6.36. The van der Waals surface area contributed by atoms with Crippen LogP contribution in [0.3, 0.4) is 0 Å². The van der Waals surface area contributed by atoms with Gasteiger partial charge in [-0.05, 0) is 18.2 Å². The van der Waals surface area contributed by atoms with E-state index in [2.05, 4.69) is 9.97 Å². The van der Waals surface area contributed by atoms with Gasteiger partial charge in [-0.15, -0.1) is 0 Å². The van der Waals surface area contributed by atoms with Crippen molar-refractivity contribution in [1.29, 1.82) is 0 Å². The Labute approximate surface area is 115 Å². The van der Waals surface area contributed by atoms with Crippen molar-refractivity contribution in [2.45, 2.75) is 12.5 Å². The predicted octanol–water partition coefficient (Wildman–Crippen LogP) is 3.05. The van der Waals surface area contributed by atoms with E-state index in [-0.39, 0.29) is 12.0 Å². The van der Waals surface area contributed by atoms with Crippen molar-refractivity contribution in [3.05, 3.63) is 71.9 Å². The summed E-state index contributed by atoms with van der Waals surface area (Å²) in [5.41, 5.74) is 1.84. The monoisotopic (exact) mass is 268 g/mol. The number of benzene rings is 1. The highest BCUT2D eigenvalue weighted by Crippen LogP contribution is 2.21. The number of halogens is 1. The molecule has 0 radical (unpaired) electrons. The Hall–Kier alpha value is -2.33. The van der Waals surface area contributed by atoms with Gasteiger partial charge >= 0.3 is 0 Å². The van der Waals surface area contributed by atoms with Crippen molar-refractivity contribution in [2.24, 2.45) is 0 Å². The Morgan fingerprint density at radius 2 is 1.95 bits per heavy atom. The van der Waals surface area contributed by atoms with Crippen LogP contribution in [0.15, 0.2) is 54.9 Å². The fourth-order valence-electron chi connectivity index (χ4n) is 2.19. The lowest BCUT2D eigenvalue weighted by Crippen LogP contribution is -2.06. The Kier molecular flexibility index (Phi) is 3.39. The summed E-state index contributed by atoms with van der Waals surface area (Å²) in [6, 6.07) is 13.0. The van der Waals surface area contributed by atoms with E-state index in [9.17, 15) is 9.50 Å². The van der Waals surface area contributed by atoms with Crippen LogP contribution in [-0.4, -0.2) is 15.1 Å². The molecule has 3 rings (SSSR count). The summed E-state index contributed by atoms with van der Waals surface area (Å²) in [5.74, 6) is -0.499. The summed E-state index contributed by atoms with van der Waals surface area (Å²) in [6.07, 6.45) is 1.92. The van der Waals surface area contributed by atoms with Gasteiger partial charge in [-0.2, -0.15) is 0 Å². The number of nitrogens with zero attached hydrogens (tertiary/aromatic N) is 2. The molecule has 0 aliphatic heterocycles. The molecule has 3 aromatic rings. The van der Waals surface area contributed by atoms with Gasteiger partial charge in [0.1, 0.15) is 5.82 Å². The van der Waals surface area contributed by atoms with Crippen LogP contribution < -0.4 is 0 Å². The lowest BCUT2D eigenvalue weighted by atomic mass is 10.0. The molecule has 20 heavy (non-hydrogen) atoms. The van der Waals surface area contributed by atoms with Gasteiger partial charge in [0.2, 0.25) is 0 Å². The second kappa shape index (κ2) is 5.35. The molecule has 2 aromatic heterocycles. The Balaban J connectivity index is 1.87. The zero-order chi connectivity index (χ0) is 13.9. The zero-order valence-electron chi connectivity index (χ0n) is 10.7. The Morgan fingerprint density at radius 3 is 2.80 bits per heavy atom. The van der Waals surface area contributed by atoms with Gasteiger partial charge in [0.25, 0.3) is 0 Å².